The Bertz CT molecular complexity index is 415. The standard InChI is InChI=1S/C15H21ClN2O/c16-13-3-1-12(2-4-13)15(19)9-17-14-10-18-7-5-11(14)6-8-18/h1-4,11,14-15,17,19H,5-10H2. The van der Waals surface area contributed by atoms with E-state index in [0.29, 0.717) is 17.6 Å². The molecule has 3 saturated heterocycles. The van der Waals surface area contributed by atoms with Crippen LogP contribution in [0.2, 0.25) is 5.02 Å². The van der Waals surface area contributed by atoms with Crippen molar-refractivity contribution in [1.82, 2.24) is 10.2 Å². The largest absolute Gasteiger partial charge is 0.387 e. The molecule has 0 amide bonds. The van der Waals surface area contributed by atoms with Crippen LogP contribution >= 0.6 is 11.6 Å². The Balaban J connectivity index is 1.53. The molecule has 0 radical (unpaired) electrons. The molecule has 4 rings (SSSR count). The van der Waals surface area contributed by atoms with E-state index in [1.54, 1.807) is 0 Å². The van der Waals surface area contributed by atoms with Gasteiger partial charge in [0.15, 0.2) is 0 Å². The molecule has 1 aromatic rings. The van der Waals surface area contributed by atoms with Crippen molar-refractivity contribution in [2.24, 2.45) is 5.92 Å². The van der Waals surface area contributed by atoms with Crippen LogP contribution in [0.3, 0.4) is 0 Å². The van der Waals surface area contributed by atoms with E-state index in [4.69, 9.17) is 11.6 Å². The van der Waals surface area contributed by atoms with E-state index in [2.05, 4.69) is 10.2 Å². The summed E-state index contributed by atoms with van der Waals surface area (Å²) in [5.41, 5.74) is 0.929. The van der Waals surface area contributed by atoms with E-state index in [1.807, 2.05) is 24.3 Å². The van der Waals surface area contributed by atoms with Gasteiger partial charge in [-0.15, -0.1) is 0 Å². The second kappa shape index (κ2) is 5.80. The van der Waals surface area contributed by atoms with Crippen molar-refractivity contribution in [3.05, 3.63) is 34.9 Å². The lowest BCUT2D eigenvalue weighted by Gasteiger charge is -2.45. The zero-order valence-electron chi connectivity index (χ0n) is 11.1. The zero-order chi connectivity index (χ0) is 13.2. The predicted molar refractivity (Wildman–Crippen MR) is 77.4 cm³/mol. The average molecular weight is 281 g/mol. The number of nitrogens with zero attached hydrogens (tertiary/aromatic N) is 1. The number of hydrogen-bond acceptors (Lipinski definition) is 3. The summed E-state index contributed by atoms with van der Waals surface area (Å²) < 4.78 is 0. The van der Waals surface area contributed by atoms with Gasteiger partial charge in [-0.05, 0) is 49.5 Å². The Labute approximate surface area is 119 Å². The molecule has 3 aliphatic rings. The Morgan fingerprint density at radius 1 is 1.26 bits per heavy atom. The van der Waals surface area contributed by atoms with E-state index >= 15 is 0 Å². The highest BCUT2D eigenvalue weighted by Crippen LogP contribution is 2.27. The number of fused-ring (bicyclic) bond motifs is 3. The minimum atomic E-state index is -0.451. The highest BCUT2D eigenvalue weighted by molar-refractivity contribution is 6.30. The topological polar surface area (TPSA) is 35.5 Å². The van der Waals surface area contributed by atoms with E-state index < -0.39 is 6.10 Å². The summed E-state index contributed by atoms with van der Waals surface area (Å²) in [6, 6.07) is 7.99. The molecule has 3 aliphatic heterocycles. The average Bonchev–Trinajstić information content (AvgIpc) is 2.47. The van der Waals surface area contributed by atoms with Gasteiger partial charge < -0.3 is 15.3 Å². The summed E-state index contributed by atoms with van der Waals surface area (Å²) in [6.07, 6.45) is 2.15. The van der Waals surface area contributed by atoms with Gasteiger partial charge in [0.2, 0.25) is 0 Å². The van der Waals surface area contributed by atoms with Crippen LogP contribution in [0.4, 0.5) is 0 Å². The fourth-order valence-corrected chi connectivity index (χ4v) is 3.39. The molecule has 2 atom stereocenters. The maximum atomic E-state index is 10.2. The van der Waals surface area contributed by atoms with Gasteiger partial charge in [0.25, 0.3) is 0 Å². The maximum absolute atomic E-state index is 10.2. The van der Waals surface area contributed by atoms with E-state index in [0.717, 1.165) is 18.0 Å². The summed E-state index contributed by atoms with van der Waals surface area (Å²) in [6.45, 7) is 4.26. The number of rotatable bonds is 4. The maximum Gasteiger partial charge on any atom is 0.0914 e. The van der Waals surface area contributed by atoms with Crippen LogP contribution in [0.25, 0.3) is 0 Å². The van der Waals surface area contributed by atoms with Gasteiger partial charge in [0.05, 0.1) is 6.10 Å². The van der Waals surface area contributed by atoms with Gasteiger partial charge in [-0.25, -0.2) is 0 Å². The first-order chi connectivity index (χ1) is 9.22. The van der Waals surface area contributed by atoms with Crippen LogP contribution in [0.5, 0.6) is 0 Å². The molecule has 4 heteroatoms. The molecule has 3 nitrogen and oxygen atoms in total. The molecular formula is C15H21ClN2O. The first kappa shape index (κ1) is 13.4. The van der Waals surface area contributed by atoms with Crippen molar-refractivity contribution >= 4 is 11.6 Å². The number of aliphatic hydroxyl groups excluding tert-OH is 1. The lowest BCUT2D eigenvalue weighted by molar-refractivity contribution is 0.0635. The molecular weight excluding hydrogens is 260 g/mol. The summed E-state index contributed by atoms with van der Waals surface area (Å²) in [4.78, 5) is 2.52. The lowest BCUT2D eigenvalue weighted by atomic mass is 9.84. The molecule has 19 heavy (non-hydrogen) atoms. The summed E-state index contributed by atoms with van der Waals surface area (Å²) in [5.74, 6) is 0.794. The highest BCUT2D eigenvalue weighted by Gasteiger charge is 2.33. The van der Waals surface area contributed by atoms with Gasteiger partial charge >= 0.3 is 0 Å². The minimum Gasteiger partial charge on any atom is -0.387 e. The molecule has 1 aromatic carbocycles. The van der Waals surface area contributed by atoms with Crippen LogP contribution in [0.15, 0.2) is 24.3 Å². The Morgan fingerprint density at radius 2 is 1.95 bits per heavy atom. The van der Waals surface area contributed by atoms with Crippen molar-refractivity contribution in [1.29, 1.82) is 0 Å². The highest BCUT2D eigenvalue weighted by atomic mass is 35.5. The fraction of sp³-hybridized carbons (Fsp3) is 0.600. The Hall–Kier alpha value is -0.610. The number of piperidine rings is 3. The third-order valence-electron chi connectivity index (χ3n) is 4.48. The molecule has 0 aromatic heterocycles. The van der Waals surface area contributed by atoms with Crippen molar-refractivity contribution in [3.63, 3.8) is 0 Å². The van der Waals surface area contributed by atoms with Crippen molar-refractivity contribution in [3.8, 4) is 0 Å². The van der Waals surface area contributed by atoms with Crippen LogP contribution in [-0.4, -0.2) is 42.2 Å². The van der Waals surface area contributed by atoms with E-state index in [1.165, 1.54) is 25.9 Å². The molecule has 3 fully saturated rings. The lowest BCUT2D eigenvalue weighted by Crippen LogP contribution is -2.56. The SMILES string of the molecule is OC(CNC1CN2CCC1CC2)c1ccc(Cl)cc1. The number of halogens is 1. The predicted octanol–water partition coefficient (Wildman–Crippen LogP) is 2.06. The van der Waals surface area contributed by atoms with Gasteiger partial charge in [-0.1, -0.05) is 23.7 Å². The normalized spacial score (nSPS) is 31.4. The molecule has 3 heterocycles. The Morgan fingerprint density at radius 3 is 2.53 bits per heavy atom. The van der Waals surface area contributed by atoms with Crippen LogP contribution < -0.4 is 5.32 Å². The second-order valence-corrected chi connectivity index (χ2v) is 6.16. The molecule has 0 aliphatic carbocycles. The number of nitrogens with one attached hydrogen (secondary N) is 1. The third-order valence-corrected chi connectivity index (χ3v) is 4.74. The van der Waals surface area contributed by atoms with Gasteiger partial charge in [0.1, 0.15) is 0 Å². The summed E-state index contributed by atoms with van der Waals surface area (Å²) in [5, 5.41) is 14.4. The van der Waals surface area contributed by atoms with Crippen LogP contribution in [-0.2, 0) is 0 Å². The van der Waals surface area contributed by atoms with Crippen molar-refractivity contribution in [2.75, 3.05) is 26.2 Å². The first-order valence-corrected chi connectivity index (χ1v) is 7.49. The van der Waals surface area contributed by atoms with Crippen LogP contribution in [0, 0.1) is 5.92 Å². The summed E-state index contributed by atoms with van der Waals surface area (Å²) in [7, 11) is 0. The molecule has 2 unspecified atom stereocenters. The van der Waals surface area contributed by atoms with Crippen molar-refractivity contribution < 1.29 is 5.11 Å². The minimum absolute atomic E-state index is 0.451. The van der Waals surface area contributed by atoms with Gasteiger partial charge in [-0.3, -0.25) is 0 Å². The quantitative estimate of drug-likeness (QED) is 0.886. The smallest absolute Gasteiger partial charge is 0.0914 e. The fourth-order valence-electron chi connectivity index (χ4n) is 3.26. The number of aliphatic hydroxyl groups is 1. The third kappa shape index (κ3) is 3.11. The van der Waals surface area contributed by atoms with Crippen LogP contribution in [0.1, 0.15) is 24.5 Å². The molecule has 104 valence electrons. The second-order valence-electron chi connectivity index (χ2n) is 5.72. The van der Waals surface area contributed by atoms with Gasteiger partial charge in [0, 0.05) is 24.2 Å². The number of benzene rings is 1. The molecule has 0 saturated carbocycles. The summed E-state index contributed by atoms with van der Waals surface area (Å²) >= 11 is 5.86. The van der Waals surface area contributed by atoms with E-state index in [-0.39, 0.29) is 0 Å². The van der Waals surface area contributed by atoms with Gasteiger partial charge in [-0.2, -0.15) is 0 Å². The first-order valence-electron chi connectivity index (χ1n) is 7.11. The zero-order valence-corrected chi connectivity index (χ0v) is 11.8. The monoisotopic (exact) mass is 280 g/mol. The molecule has 0 spiro atoms. The Kier molecular flexibility index (Phi) is 4.08. The van der Waals surface area contributed by atoms with E-state index in [9.17, 15) is 5.11 Å². The van der Waals surface area contributed by atoms with Crippen molar-refractivity contribution in [2.45, 2.75) is 25.0 Å². The molecule has 2 bridgehead atoms. The number of hydrogen-bond donors (Lipinski definition) is 2. The molecule has 2 N–H and O–H groups in total.